The molecule has 1 unspecified atom stereocenters. The number of nitrogens with zero attached hydrogens (tertiary/aromatic N) is 1. The molecule has 1 aromatic carbocycles. The third kappa shape index (κ3) is 7.05. The fourth-order valence-electron chi connectivity index (χ4n) is 2.37. The maximum atomic E-state index is 5.60. The fourth-order valence-corrected chi connectivity index (χ4v) is 2.37. The van der Waals surface area contributed by atoms with E-state index in [1.807, 2.05) is 0 Å². The van der Waals surface area contributed by atoms with Crippen molar-refractivity contribution in [1.82, 2.24) is 10.2 Å². The minimum atomic E-state index is 0.646. The lowest BCUT2D eigenvalue weighted by Crippen LogP contribution is -2.38. The van der Waals surface area contributed by atoms with Crippen molar-refractivity contribution in [2.75, 3.05) is 39.3 Å². The molecule has 0 aliphatic heterocycles. The summed E-state index contributed by atoms with van der Waals surface area (Å²) in [6, 6.07) is 8.96. The highest BCUT2D eigenvalue weighted by molar-refractivity contribution is 5.24. The number of nitrogens with one attached hydrogen (secondary N) is 1. The van der Waals surface area contributed by atoms with Crippen LogP contribution in [0, 0.1) is 0 Å². The Morgan fingerprint density at radius 3 is 2.19 bits per heavy atom. The smallest absolute Gasteiger partial charge is 0.0206 e. The Bertz CT molecular complexity index is 358. The van der Waals surface area contributed by atoms with Crippen LogP contribution in [-0.4, -0.2) is 44.2 Å². The third-order valence-corrected chi connectivity index (χ3v) is 3.99. The Balaban J connectivity index is 2.28. The summed E-state index contributed by atoms with van der Waals surface area (Å²) < 4.78 is 0. The standard InChI is InChI=1S/C17H32N4/c1-3-15(2)17-6-4-16(5-7-17)14-20-10-13-21(11-8-18)12-9-19/h4-7,15,20H,3,8-14,18-19H2,1-2H3. The summed E-state index contributed by atoms with van der Waals surface area (Å²) in [6.07, 6.45) is 1.19. The molecule has 0 aromatic heterocycles. The highest BCUT2D eigenvalue weighted by Gasteiger charge is 2.03. The molecule has 0 aliphatic carbocycles. The molecule has 4 nitrogen and oxygen atoms in total. The first-order valence-corrected chi connectivity index (χ1v) is 8.13. The van der Waals surface area contributed by atoms with E-state index < -0.39 is 0 Å². The van der Waals surface area contributed by atoms with Gasteiger partial charge in [-0.2, -0.15) is 0 Å². The van der Waals surface area contributed by atoms with Crippen molar-refractivity contribution in [2.45, 2.75) is 32.7 Å². The zero-order chi connectivity index (χ0) is 15.5. The first kappa shape index (κ1) is 18.1. The monoisotopic (exact) mass is 292 g/mol. The fraction of sp³-hybridized carbons (Fsp3) is 0.647. The van der Waals surface area contributed by atoms with E-state index in [1.165, 1.54) is 17.5 Å². The molecule has 0 amide bonds. The lowest BCUT2D eigenvalue weighted by atomic mass is 9.98. The molecule has 0 saturated carbocycles. The zero-order valence-electron chi connectivity index (χ0n) is 13.6. The van der Waals surface area contributed by atoms with Gasteiger partial charge in [-0.1, -0.05) is 38.1 Å². The normalized spacial score (nSPS) is 12.8. The van der Waals surface area contributed by atoms with Gasteiger partial charge in [-0.25, -0.2) is 0 Å². The van der Waals surface area contributed by atoms with Gasteiger partial charge >= 0.3 is 0 Å². The van der Waals surface area contributed by atoms with Crippen LogP contribution in [0.5, 0.6) is 0 Å². The van der Waals surface area contributed by atoms with Gasteiger partial charge in [0.25, 0.3) is 0 Å². The van der Waals surface area contributed by atoms with Crippen LogP contribution in [0.3, 0.4) is 0 Å². The molecule has 0 spiro atoms. The first-order valence-electron chi connectivity index (χ1n) is 8.13. The lowest BCUT2D eigenvalue weighted by Gasteiger charge is -2.20. The molecule has 1 atom stereocenters. The average molecular weight is 292 g/mol. The molecule has 0 saturated heterocycles. The van der Waals surface area contributed by atoms with Crippen molar-refractivity contribution in [3.63, 3.8) is 0 Å². The van der Waals surface area contributed by atoms with Crippen molar-refractivity contribution in [2.24, 2.45) is 11.5 Å². The maximum absolute atomic E-state index is 5.60. The Morgan fingerprint density at radius 1 is 1.05 bits per heavy atom. The second-order valence-electron chi connectivity index (χ2n) is 5.65. The topological polar surface area (TPSA) is 67.3 Å². The molecular formula is C17H32N4. The molecule has 1 rings (SSSR count). The third-order valence-electron chi connectivity index (χ3n) is 3.99. The summed E-state index contributed by atoms with van der Waals surface area (Å²) in [5.74, 6) is 0.646. The number of nitrogens with two attached hydrogens (primary N) is 2. The highest BCUT2D eigenvalue weighted by atomic mass is 15.1. The first-order chi connectivity index (χ1) is 10.2. The van der Waals surface area contributed by atoms with Gasteiger partial charge in [0.1, 0.15) is 0 Å². The van der Waals surface area contributed by atoms with Gasteiger partial charge in [-0.05, 0) is 23.5 Å². The molecule has 5 N–H and O–H groups in total. The summed E-state index contributed by atoms with van der Waals surface area (Å²) in [5, 5.41) is 3.49. The van der Waals surface area contributed by atoms with Crippen LogP contribution in [0.15, 0.2) is 24.3 Å². The van der Waals surface area contributed by atoms with Crippen molar-refractivity contribution in [1.29, 1.82) is 0 Å². The molecular weight excluding hydrogens is 260 g/mol. The van der Waals surface area contributed by atoms with Gasteiger partial charge in [-0.3, -0.25) is 4.90 Å². The molecule has 0 fully saturated rings. The van der Waals surface area contributed by atoms with Gasteiger partial charge < -0.3 is 16.8 Å². The number of hydrogen-bond donors (Lipinski definition) is 3. The van der Waals surface area contributed by atoms with E-state index in [0.717, 1.165) is 32.7 Å². The Kier molecular flexibility index (Phi) is 9.26. The van der Waals surface area contributed by atoms with Crippen LogP contribution < -0.4 is 16.8 Å². The van der Waals surface area contributed by atoms with Crippen LogP contribution in [-0.2, 0) is 6.54 Å². The predicted molar refractivity (Wildman–Crippen MR) is 91.4 cm³/mol. The quantitative estimate of drug-likeness (QED) is 0.541. The molecule has 1 aromatic rings. The summed E-state index contributed by atoms with van der Waals surface area (Å²) in [7, 11) is 0. The van der Waals surface area contributed by atoms with Gasteiger partial charge in [-0.15, -0.1) is 0 Å². The second-order valence-corrected chi connectivity index (χ2v) is 5.65. The van der Waals surface area contributed by atoms with E-state index in [2.05, 4.69) is 48.3 Å². The zero-order valence-corrected chi connectivity index (χ0v) is 13.6. The van der Waals surface area contributed by atoms with Crippen LogP contribution >= 0.6 is 0 Å². The number of hydrogen-bond acceptors (Lipinski definition) is 4. The molecule has 120 valence electrons. The molecule has 21 heavy (non-hydrogen) atoms. The number of benzene rings is 1. The second kappa shape index (κ2) is 10.7. The maximum Gasteiger partial charge on any atom is 0.0206 e. The van der Waals surface area contributed by atoms with Crippen LogP contribution in [0.25, 0.3) is 0 Å². The highest BCUT2D eigenvalue weighted by Crippen LogP contribution is 2.18. The predicted octanol–water partition coefficient (Wildman–Crippen LogP) is 1.51. The average Bonchev–Trinajstić information content (AvgIpc) is 2.51. The van der Waals surface area contributed by atoms with Gasteiger partial charge in [0.2, 0.25) is 0 Å². The van der Waals surface area contributed by atoms with E-state index in [9.17, 15) is 0 Å². The molecule has 0 heterocycles. The Morgan fingerprint density at radius 2 is 1.67 bits per heavy atom. The van der Waals surface area contributed by atoms with Gasteiger partial charge in [0.15, 0.2) is 0 Å². The molecule has 0 bridgehead atoms. The molecule has 0 radical (unpaired) electrons. The largest absolute Gasteiger partial charge is 0.329 e. The lowest BCUT2D eigenvalue weighted by molar-refractivity contribution is 0.287. The summed E-state index contributed by atoms with van der Waals surface area (Å²) in [6.45, 7) is 10.6. The van der Waals surface area contributed by atoms with Crippen molar-refractivity contribution < 1.29 is 0 Å². The molecule has 0 aliphatic rings. The van der Waals surface area contributed by atoms with Crippen LogP contribution in [0.4, 0.5) is 0 Å². The van der Waals surface area contributed by atoms with Gasteiger partial charge in [0, 0.05) is 45.8 Å². The molecule has 4 heteroatoms. The summed E-state index contributed by atoms with van der Waals surface area (Å²) in [4.78, 5) is 2.30. The van der Waals surface area contributed by atoms with Crippen LogP contribution in [0.2, 0.25) is 0 Å². The summed E-state index contributed by atoms with van der Waals surface area (Å²) >= 11 is 0. The van der Waals surface area contributed by atoms with E-state index in [1.54, 1.807) is 0 Å². The van der Waals surface area contributed by atoms with Crippen molar-refractivity contribution >= 4 is 0 Å². The van der Waals surface area contributed by atoms with E-state index in [0.29, 0.717) is 19.0 Å². The SMILES string of the molecule is CCC(C)c1ccc(CNCCN(CCN)CCN)cc1. The van der Waals surface area contributed by atoms with Crippen LogP contribution in [0.1, 0.15) is 37.3 Å². The van der Waals surface area contributed by atoms with E-state index in [4.69, 9.17) is 11.5 Å². The minimum Gasteiger partial charge on any atom is -0.329 e. The van der Waals surface area contributed by atoms with Crippen molar-refractivity contribution in [3.05, 3.63) is 35.4 Å². The Hall–Kier alpha value is -0.940. The Labute approximate surface area is 129 Å². The minimum absolute atomic E-state index is 0.646. The van der Waals surface area contributed by atoms with E-state index in [-0.39, 0.29) is 0 Å². The summed E-state index contributed by atoms with van der Waals surface area (Å²) in [5.41, 5.74) is 14.0. The van der Waals surface area contributed by atoms with Gasteiger partial charge in [0.05, 0.1) is 0 Å². The van der Waals surface area contributed by atoms with E-state index >= 15 is 0 Å². The number of rotatable bonds is 11. The van der Waals surface area contributed by atoms with Crippen molar-refractivity contribution in [3.8, 4) is 0 Å².